The minimum Gasteiger partial charge on any atom is -0.399 e. The molecule has 0 aliphatic heterocycles. The molecule has 1 rings (SSSR count). The third-order valence-corrected chi connectivity index (χ3v) is 1.89. The topological polar surface area (TPSA) is 101 Å². The van der Waals surface area contributed by atoms with Gasteiger partial charge in [-0.15, -0.1) is 0 Å². The third-order valence-electron chi connectivity index (χ3n) is 1.89. The van der Waals surface area contributed by atoms with Gasteiger partial charge in [0.1, 0.15) is 0 Å². The van der Waals surface area contributed by atoms with Crippen LogP contribution in [0.3, 0.4) is 0 Å². The molecule has 0 saturated carbocycles. The van der Waals surface area contributed by atoms with Gasteiger partial charge in [0.05, 0.1) is 6.61 Å². The predicted molar refractivity (Wildman–Crippen MR) is 59.3 cm³/mol. The first-order chi connectivity index (χ1) is 7.02. The molecule has 0 saturated heterocycles. The molecule has 15 heavy (non-hydrogen) atoms. The van der Waals surface area contributed by atoms with E-state index in [1.54, 1.807) is 13.0 Å². The Morgan fingerprint density at radius 3 is 2.40 bits per heavy atom. The number of carbonyl (C=O) groups excluding carboxylic acids is 1. The summed E-state index contributed by atoms with van der Waals surface area (Å²) in [6.07, 6.45) is 0. The molecule has 0 aromatic heterocycles. The first-order valence-electron chi connectivity index (χ1n) is 4.60. The molecular formula is C10H15N3O2. The highest BCUT2D eigenvalue weighted by atomic mass is 16.3. The Bertz CT molecular complexity index is 345. The van der Waals surface area contributed by atoms with Crippen LogP contribution in [0.5, 0.6) is 0 Å². The number of rotatable bonds is 3. The van der Waals surface area contributed by atoms with Gasteiger partial charge < -0.3 is 21.9 Å². The average molecular weight is 209 g/mol. The molecular weight excluding hydrogens is 194 g/mol. The highest BCUT2D eigenvalue weighted by molar-refractivity contribution is 5.96. The lowest BCUT2D eigenvalue weighted by molar-refractivity contribution is 0.0922. The number of amides is 1. The maximum absolute atomic E-state index is 11.6. The fraction of sp³-hybridized carbons (Fsp3) is 0.300. The zero-order valence-electron chi connectivity index (χ0n) is 8.53. The molecule has 0 aliphatic rings. The molecule has 0 unspecified atom stereocenters. The SMILES string of the molecule is C[C@H](CO)NC(=O)c1cc(N)cc(N)c1. The number of anilines is 2. The minimum absolute atomic E-state index is 0.108. The van der Waals surface area contributed by atoms with Crippen LogP contribution in [-0.2, 0) is 0 Å². The second-order valence-corrected chi connectivity index (χ2v) is 3.45. The van der Waals surface area contributed by atoms with E-state index in [1.165, 1.54) is 12.1 Å². The van der Waals surface area contributed by atoms with Gasteiger partial charge in [-0.05, 0) is 25.1 Å². The summed E-state index contributed by atoms with van der Waals surface area (Å²) in [5, 5.41) is 11.4. The summed E-state index contributed by atoms with van der Waals surface area (Å²) in [6, 6.07) is 4.36. The zero-order chi connectivity index (χ0) is 11.4. The van der Waals surface area contributed by atoms with E-state index in [4.69, 9.17) is 16.6 Å². The lowest BCUT2D eigenvalue weighted by Gasteiger charge is -2.11. The smallest absolute Gasteiger partial charge is 0.251 e. The largest absolute Gasteiger partial charge is 0.399 e. The van der Waals surface area contributed by atoms with E-state index >= 15 is 0 Å². The van der Waals surface area contributed by atoms with Crippen molar-refractivity contribution < 1.29 is 9.90 Å². The van der Waals surface area contributed by atoms with Gasteiger partial charge in [0, 0.05) is 23.0 Å². The quantitative estimate of drug-likeness (QED) is 0.525. The molecule has 5 heteroatoms. The number of nitrogens with two attached hydrogens (primary N) is 2. The van der Waals surface area contributed by atoms with Crippen LogP contribution in [0.1, 0.15) is 17.3 Å². The average Bonchev–Trinajstić information content (AvgIpc) is 2.16. The molecule has 0 spiro atoms. The van der Waals surface area contributed by atoms with E-state index in [0.29, 0.717) is 16.9 Å². The molecule has 0 aliphatic carbocycles. The molecule has 82 valence electrons. The van der Waals surface area contributed by atoms with Crippen LogP contribution in [0.15, 0.2) is 18.2 Å². The maximum atomic E-state index is 11.6. The Morgan fingerprint density at radius 1 is 1.40 bits per heavy atom. The van der Waals surface area contributed by atoms with Crippen LogP contribution in [0, 0.1) is 0 Å². The van der Waals surface area contributed by atoms with Crippen LogP contribution < -0.4 is 16.8 Å². The van der Waals surface area contributed by atoms with Crippen LogP contribution in [0.2, 0.25) is 0 Å². The van der Waals surface area contributed by atoms with Gasteiger partial charge >= 0.3 is 0 Å². The summed E-state index contributed by atoms with van der Waals surface area (Å²) in [7, 11) is 0. The number of carbonyl (C=O) groups is 1. The van der Waals surface area contributed by atoms with E-state index in [2.05, 4.69) is 5.32 Å². The van der Waals surface area contributed by atoms with Crippen LogP contribution in [0.4, 0.5) is 11.4 Å². The van der Waals surface area contributed by atoms with Gasteiger partial charge in [-0.3, -0.25) is 4.79 Å². The monoisotopic (exact) mass is 209 g/mol. The zero-order valence-corrected chi connectivity index (χ0v) is 8.53. The van der Waals surface area contributed by atoms with Crippen molar-refractivity contribution in [3.05, 3.63) is 23.8 Å². The van der Waals surface area contributed by atoms with Crippen molar-refractivity contribution in [1.82, 2.24) is 5.32 Å². The van der Waals surface area contributed by atoms with E-state index in [0.717, 1.165) is 0 Å². The molecule has 1 aromatic carbocycles. The van der Waals surface area contributed by atoms with Crippen molar-refractivity contribution >= 4 is 17.3 Å². The van der Waals surface area contributed by atoms with Crippen LogP contribution in [0.25, 0.3) is 0 Å². The van der Waals surface area contributed by atoms with Crippen molar-refractivity contribution in [2.45, 2.75) is 13.0 Å². The lowest BCUT2D eigenvalue weighted by atomic mass is 10.1. The van der Waals surface area contributed by atoms with E-state index in [1.807, 2.05) is 0 Å². The van der Waals surface area contributed by atoms with E-state index in [9.17, 15) is 4.79 Å². The van der Waals surface area contributed by atoms with Crippen molar-refractivity contribution in [2.24, 2.45) is 0 Å². The lowest BCUT2D eigenvalue weighted by Crippen LogP contribution is -2.35. The first-order valence-corrected chi connectivity index (χ1v) is 4.60. The Balaban J connectivity index is 2.82. The molecule has 0 bridgehead atoms. The molecule has 0 radical (unpaired) electrons. The van der Waals surface area contributed by atoms with Gasteiger partial charge in [0.25, 0.3) is 5.91 Å². The second-order valence-electron chi connectivity index (χ2n) is 3.45. The van der Waals surface area contributed by atoms with Gasteiger partial charge in [-0.25, -0.2) is 0 Å². The molecule has 1 amide bonds. The van der Waals surface area contributed by atoms with Crippen LogP contribution in [-0.4, -0.2) is 23.7 Å². The number of hydrogen-bond donors (Lipinski definition) is 4. The molecule has 1 atom stereocenters. The van der Waals surface area contributed by atoms with Crippen molar-refractivity contribution in [3.8, 4) is 0 Å². The number of aliphatic hydroxyl groups is 1. The number of aliphatic hydroxyl groups excluding tert-OH is 1. The van der Waals surface area contributed by atoms with E-state index in [-0.39, 0.29) is 18.6 Å². The highest BCUT2D eigenvalue weighted by Gasteiger charge is 2.09. The summed E-state index contributed by atoms with van der Waals surface area (Å²) in [5.41, 5.74) is 12.4. The summed E-state index contributed by atoms with van der Waals surface area (Å²) in [4.78, 5) is 11.6. The number of nitrogens with one attached hydrogen (secondary N) is 1. The second kappa shape index (κ2) is 4.65. The summed E-state index contributed by atoms with van der Waals surface area (Å²) >= 11 is 0. The Morgan fingerprint density at radius 2 is 1.93 bits per heavy atom. The van der Waals surface area contributed by atoms with Crippen molar-refractivity contribution in [3.63, 3.8) is 0 Å². The van der Waals surface area contributed by atoms with Gasteiger partial charge in [0.15, 0.2) is 0 Å². The Hall–Kier alpha value is -1.75. The molecule has 5 nitrogen and oxygen atoms in total. The number of nitrogen functional groups attached to an aromatic ring is 2. The number of benzene rings is 1. The summed E-state index contributed by atoms with van der Waals surface area (Å²) < 4.78 is 0. The summed E-state index contributed by atoms with van der Waals surface area (Å²) in [6.45, 7) is 1.59. The van der Waals surface area contributed by atoms with Gasteiger partial charge in [0.2, 0.25) is 0 Å². The number of hydrogen-bond acceptors (Lipinski definition) is 4. The van der Waals surface area contributed by atoms with E-state index < -0.39 is 0 Å². The summed E-state index contributed by atoms with van der Waals surface area (Å²) in [5.74, 6) is -0.296. The molecule has 0 fully saturated rings. The molecule has 1 aromatic rings. The predicted octanol–water partition coefficient (Wildman–Crippen LogP) is -0.0384. The van der Waals surface area contributed by atoms with Gasteiger partial charge in [-0.2, -0.15) is 0 Å². The normalized spacial score (nSPS) is 12.1. The molecule has 6 N–H and O–H groups in total. The standard InChI is InChI=1S/C10H15N3O2/c1-6(5-14)13-10(15)7-2-8(11)4-9(12)3-7/h2-4,6,14H,5,11-12H2,1H3,(H,13,15)/t6-/m1/s1. The van der Waals surface area contributed by atoms with Crippen LogP contribution >= 0.6 is 0 Å². The maximum Gasteiger partial charge on any atom is 0.251 e. The molecule has 0 heterocycles. The van der Waals surface area contributed by atoms with Crippen molar-refractivity contribution in [2.75, 3.05) is 18.1 Å². The minimum atomic E-state index is -0.296. The highest BCUT2D eigenvalue weighted by Crippen LogP contribution is 2.13. The first kappa shape index (κ1) is 11.3. The fourth-order valence-electron chi connectivity index (χ4n) is 1.16. The third kappa shape index (κ3) is 3.14. The Kier molecular flexibility index (Phi) is 3.51. The Labute approximate surface area is 88.1 Å². The fourth-order valence-corrected chi connectivity index (χ4v) is 1.16. The van der Waals surface area contributed by atoms with Crippen molar-refractivity contribution in [1.29, 1.82) is 0 Å². The van der Waals surface area contributed by atoms with Gasteiger partial charge in [-0.1, -0.05) is 0 Å².